The van der Waals surface area contributed by atoms with Crippen LogP contribution in [0.25, 0.3) is 0 Å². The molecule has 0 saturated carbocycles. The molecule has 2 N–H and O–H groups in total. The number of nitrogens with one attached hydrogen (secondary N) is 1. The Bertz CT molecular complexity index is 620. The lowest BCUT2D eigenvalue weighted by molar-refractivity contribution is -0.121. The predicted molar refractivity (Wildman–Crippen MR) is 99.7 cm³/mol. The van der Waals surface area contributed by atoms with E-state index in [4.69, 9.17) is 0 Å². The van der Waals surface area contributed by atoms with E-state index < -0.39 is 6.10 Å². The Kier molecular flexibility index (Phi) is 6.77. The van der Waals surface area contributed by atoms with E-state index in [2.05, 4.69) is 11.4 Å². The number of rotatable bonds is 8. The normalized spacial score (nSPS) is 15.4. The number of ketones is 1. The minimum absolute atomic E-state index is 0.0340. The maximum atomic E-state index is 12.4. The molecule has 0 aliphatic heterocycles. The second kappa shape index (κ2) is 8.61. The minimum atomic E-state index is -0.391. The zero-order valence-corrected chi connectivity index (χ0v) is 15.7. The van der Waals surface area contributed by atoms with Gasteiger partial charge in [0.25, 0.3) is 0 Å². The topological polar surface area (TPSA) is 66.4 Å². The number of fused-ring (bicyclic) bond motifs is 1. The Labute approximate surface area is 151 Å². The van der Waals surface area contributed by atoms with Crippen molar-refractivity contribution < 1.29 is 14.7 Å². The van der Waals surface area contributed by atoms with Gasteiger partial charge in [0, 0.05) is 24.9 Å². The van der Waals surface area contributed by atoms with Crippen molar-refractivity contribution in [1.82, 2.24) is 5.32 Å². The summed E-state index contributed by atoms with van der Waals surface area (Å²) in [6, 6.07) is 5.98. The average molecular weight is 345 g/mol. The third kappa shape index (κ3) is 6.28. The molecule has 1 aliphatic carbocycles. The van der Waals surface area contributed by atoms with Crippen LogP contribution in [0.1, 0.15) is 74.4 Å². The number of aliphatic hydroxyl groups is 1. The van der Waals surface area contributed by atoms with E-state index in [1.54, 1.807) is 6.92 Å². The van der Waals surface area contributed by atoms with Gasteiger partial charge in [-0.05, 0) is 61.6 Å². The molecule has 1 aliphatic rings. The summed E-state index contributed by atoms with van der Waals surface area (Å²) in [6.07, 6.45) is 5.26. The number of amides is 1. The second-order valence-electron chi connectivity index (χ2n) is 8.11. The SMILES string of the molecule is CC(O)CC(C)(C)CNC(=O)CCC(=O)c1ccc2c(c1)CCCC2. The Morgan fingerprint density at radius 1 is 1.16 bits per heavy atom. The number of benzene rings is 1. The molecule has 0 bridgehead atoms. The molecule has 0 spiro atoms. The molecule has 1 unspecified atom stereocenters. The van der Waals surface area contributed by atoms with Gasteiger partial charge < -0.3 is 10.4 Å². The first-order valence-electron chi connectivity index (χ1n) is 9.36. The molecule has 1 atom stereocenters. The zero-order valence-electron chi connectivity index (χ0n) is 15.7. The Morgan fingerprint density at radius 3 is 2.52 bits per heavy atom. The summed E-state index contributed by atoms with van der Waals surface area (Å²) in [4.78, 5) is 24.4. The zero-order chi connectivity index (χ0) is 18.4. The van der Waals surface area contributed by atoms with Gasteiger partial charge in [-0.25, -0.2) is 0 Å². The molecule has 1 amide bonds. The smallest absolute Gasteiger partial charge is 0.220 e. The predicted octanol–water partition coefficient (Wildman–Crippen LogP) is 3.44. The number of carbonyl (C=O) groups is 2. The Balaban J connectivity index is 1.80. The van der Waals surface area contributed by atoms with Gasteiger partial charge in [0.15, 0.2) is 5.78 Å². The van der Waals surface area contributed by atoms with Crippen LogP contribution in [0.4, 0.5) is 0 Å². The van der Waals surface area contributed by atoms with Crippen LogP contribution in [0.5, 0.6) is 0 Å². The number of aliphatic hydroxyl groups excluding tert-OH is 1. The monoisotopic (exact) mass is 345 g/mol. The van der Waals surface area contributed by atoms with Gasteiger partial charge in [-0.15, -0.1) is 0 Å². The molecule has 0 radical (unpaired) electrons. The second-order valence-corrected chi connectivity index (χ2v) is 8.11. The average Bonchev–Trinajstić information content (AvgIpc) is 2.56. The highest BCUT2D eigenvalue weighted by Crippen LogP contribution is 2.23. The van der Waals surface area contributed by atoms with E-state index in [-0.39, 0.29) is 29.9 Å². The van der Waals surface area contributed by atoms with Gasteiger partial charge in [-0.1, -0.05) is 26.0 Å². The van der Waals surface area contributed by atoms with E-state index in [9.17, 15) is 14.7 Å². The highest BCUT2D eigenvalue weighted by Gasteiger charge is 2.21. The molecule has 1 aromatic carbocycles. The fourth-order valence-corrected chi connectivity index (χ4v) is 3.58. The van der Waals surface area contributed by atoms with E-state index in [0.717, 1.165) is 18.4 Å². The van der Waals surface area contributed by atoms with Crippen molar-refractivity contribution in [2.75, 3.05) is 6.54 Å². The quantitative estimate of drug-likeness (QED) is 0.709. The maximum Gasteiger partial charge on any atom is 0.220 e. The lowest BCUT2D eigenvalue weighted by Crippen LogP contribution is -2.35. The molecule has 0 saturated heterocycles. The number of aryl methyl sites for hydroxylation is 2. The van der Waals surface area contributed by atoms with Crippen molar-refractivity contribution in [3.63, 3.8) is 0 Å². The minimum Gasteiger partial charge on any atom is -0.393 e. The third-order valence-corrected chi connectivity index (χ3v) is 4.86. The first-order valence-corrected chi connectivity index (χ1v) is 9.36. The van der Waals surface area contributed by atoms with Gasteiger partial charge in [0.05, 0.1) is 6.10 Å². The van der Waals surface area contributed by atoms with Crippen LogP contribution in [0.3, 0.4) is 0 Å². The molecule has 1 aromatic rings. The summed E-state index contributed by atoms with van der Waals surface area (Å²) in [5.41, 5.74) is 3.22. The van der Waals surface area contributed by atoms with Crippen LogP contribution < -0.4 is 5.32 Å². The van der Waals surface area contributed by atoms with Gasteiger partial charge in [-0.2, -0.15) is 0 Å². The van der Waals surface area contributed by atoms with Gasteiger partial charge in [0.2, 0.25) is 5.91 Å². The highest BCUT2D eigenvalue weighted by molar-refractivity contribution is 5.98. The van der Waals surface area contributed by atoms with Crippen molar-refractivity contribution in [3.05, 3.63) is 34.9 Å². The first kappa shape index (κ1) is 19.6. The van der Waals surface area contributed by atoms with Crippen LogP contribution in [0.15, 0.2) is 18.2 Å². The molecule has 2 rings (SSSR count). The van der Waals surface area contributed by atoms with Crippen molar-refractivity contribution >= 4 is 11.7 Å². The summed E-state index contributed by atoms with van der Waals surface area (Å²) in [5, 5.41) is 12.4. The fourth-order valence-electron chi connectivity index (χ4n) is 3.58. The molecule has 25 heavy (non-hydrogen) atoms. The number of hydrogen-bond acceptors (Lipinski definition) is 3. The van der Waals surface area contributed by atoms with E-state index in [0.29, 0.717) is 13.0 Å². The Morgan fingerprint density at radius 2 is 1.84 bits per heavy atom. The molecule has 0 fully saturated rings. The van der Waals surface area contributed by atoms with E-state index in [1.807, 2.05) is 26.0 Å². The van der Waals surface area contributed by atoms with Crippen LogP contribution in [0, 0.1) is 5.41 Å². The number of hydrogen-bond donors (Lipinski definition) is 2. The summed E-state index contributed by atoms with van der Waals surface area (Å²) in [6.45, 7) is 6.28. The third-order valence-electron chi connectivity index (χ3n) is 4.86. The molecule has 4 heteroatoms. The van der Waals surface area contributed by atoms with Gasteiger partial charge in [-0.3, -0.25) is 9.59 Å². The van der Waals surface area contributed by atoms with E-state index >= 15 is 0 Å². The first-order chi connectivity index (χ1) is 11.8. The summed E-state index contributed by atoms with van der Waals surface area (Å²) in [7, 11) is 0. The molecule has 0 aromatic heterocycles. The summed E-state index contributed by atoms with van der Waals surface area (Å²) < 4.78 is 0. The van der Waals surface area contributed by atoms with Crippen molar-refractivity contribution in [1.29, 1.82) is 0 Å². The van der Waals surface area contributed by atoms with Crippen LogP contribution in [-0.2, 0) is 17.6 Å². The molecule has 0 heterocycles. The highest BCUT2D eigenvalue weighted by atomic mass is 16.3. The fraction of sp³-hybridized carbons (Fsp3) is 0.619. The van der Waals surface area contributed by atoms with Crippen molar-refractivity contribution in [3.8, 4) is 0 Å². The largest absolute Gasteiger partial charge is 0.393 e. The maximum absolute atomic E-state index is 12.4. The summed E-state index contributed by atoms with van der Waals surface area (Å²) in [5.74, 6) is -0.0725. The molecular weight excluding hydrogens is 314 g/mol. The van der Waals surface area contributed by atoms with Crippen LogP contribution >= 0.6 is 0 Å². The van der Waals surface area contributed by atoms with Gasteiger partial charge >= 0.3 is 0 Å². The van der Waals surface area contributed by atoms with Crippen molar-refractivity contribution in [2.45, 2.75) is 71.8 Å². The standard InChI is InChI=1S/C21H31NO3/c1-15(23)13-21(2,3)14-22-20(25)11-10-19(24)18-9-8-16-6-4-5-7-17(16)12-18/h8-9,12,15,23H,4-7,10-11,13-14H2,1-3H3,(H,22,25). The number of Topliss-reactive ketones (excluding diaryl/α,β-unsaturated/α-hetero) is 1. The van der Waals surface area contributed by atoms with E-state index in [1.165, 1.54) is 24.0 Å². The lowest BCUT2D eigenvalue weighted by Gasteiger charge is -2.26. The molecule has 138 valence electrons. The number of carbonyl (C=O) groups excluding carboxylic acids is 2. The molecule has 4 nitrogen and oxygen atoms in total. The van der Waals surface area contributed by atoms with Crippen molar-refractivity contribution in [2.24, 2.45) is 5.41 Å². The molecular formula is C21H31NO3. The summed E-state index contributed by atoms with van der Waals surface area (Å²) >= 11 is 0. The Hall–Kier alpha value is -1.68. The van der Waals surface area contributed by atoms with Gasteiger partial charge in [0.1, 0.15) is 0 Å². The van der Waals surface area contributed by atoms with Crippen LogP contribution in [0.2, 0.25) is 0 Å². The van der Waals surface area contributed by atoms with Crippen LogP contribution in [-0.4, -0.2) is 29.4 Å². The lowest BCUT2D eigenvalue weighted by atomic mass is 9.87.